The Labute approximate surface area is 250 Å². The molecule has 228 valence electrons. The number of nitrogens with zero attached hydrogens (tertiary/aromatic N) is 4. The zero-order chi connectivity index (χ0) is 30.5. The summed E-state index contributed by atoms with van der Waals surface area (Å²) in [7, 11) is -4.67. The second-order valence-corrected chi connectivity index (χ2v) is 10.4. The van der Waals surface area contributed by atoms with E-state index in [1.807, 2.05) is 36.4 Å². The molecule has 43 heavy (non-hydrogen) atoms. The Bertz CT molecular complexity index is 1460. The smallest absolute Gasteiger partial charge is 0.378 e. The number of morpholine rings is 2. The van der Waals surface area contributed by atoms with Crippen molar-refractivity contribution < 1.29 is 31.8 Å². The van der Waals surface area contributed by atoms with Crippen molar-refractivity contribution in [2.24, 2.45) is 10.2 Å². The highest BCUT2D eigenvalue weighted by molar-refractivity contribution is 7.79. The number of nitrogens with one attached hydrogen (secondary N) is 2. The Balaban J connectivity index is 0.000000782. The molecule has 13 nitrogen and oxygen atoms in total. The molecule has 0 spiro atoms. The molecule has 1 amide bonds. The van der Waals surface area contributed by atoms with Crippen LogP contribution >= 0.6 is 0 Å². The number of carbonyl (C=O) groups is 1. The Morgan fingerprint density at radius 2 is 1.12 bits per heavy atom. The lowest BCUT2D eigenvalue weighted by atomic mass is 10.2. The molecule has 0 atom stereocenters. The summed E-state index contributed by atoms with van der Waals surface area (Å²) in [4.78, 5) is 17.1. The first-order valence-corrected chi connectivity index (χ1v) is 14.9. The van der Waals surface area contributed by atoms with Gasteiger partial charge in [-0.2, -0.15) is 18.6 Å². The second kappa shape index (κ2) is 15.8. The van der Waals surface area contributed by atoms with Crippen LogP contribution < -0.4 is 20.7 Å². The number of carbonyl (C=O) groups excluding carboxylic acids is 1. The van der Waals surface area contributed by atoms with Crippen molar-refractivity contribution in [3.8, 4) is 0 Å². The average molecular weight is 611 g/mol. The third kappa shape index (κ3) is 11.1. The first kappa shape index (κ1) is 31.6. The van der Waals surface area contributed by atoms with Crippen LogP contribution in [0.3, 0.4) is 0 Å². The van der Waals surface area contributed by atoms with Crippen LogP contribution in [-0.4, -0.2) is 88.5 Å². The summed E-state index contributed by atoms with van der Waals surface area (Å²) in [5.41, 5.74) is 11.1. The highest BCUT2D eigenvalue weighted by Gasteiger charge is 2.11. The quantitative estimate of drug-likeness (QED) is 0.169. The predicted octanol–water partition coefficient (Wildman–Crippen LogP) is 2.92. The van der Waals surface area contributed by atoms with Crippen LogP contribution in [-0.2, 0) is 19.9 Å². The van der Waals surface area contributed by atoms with Crippen molar-refractivity contribution in [3.63, 3.8) is 0 Å². The summed E-state index contributed by atoms with van der Waals surface area (Å²) in [6.07, 6.45) is 3.41. The molecule has 3 aromatic rings. The molecule has 2 saturated heterocycles. The maximum Gasteiger partial charge on any atom is 0.394 e. The summed E-state index contributed by atoms with van der Waals surface area (Å²) in [6.45, 7) is 6.67. The van der Waals surface area contributed by atoms with Gasteiger partial charge >= 0.3 is 10.4 Å². The van der Waals surface area contributed by atoms with Crippen molar-refractivity contribution in [1.29, 1.82) is 0 Å². The van der Waals surface area contributed by atoms with Crippen LogP contribution in [0.15, 0.2) is 83.0 Å². The van der Waals surface area contributed by atoms with Gasteiger partial charge in [0.05, 0.1) is 44.5 Å². The number of anilines is 3. The minimum absolute atomic E-state index is 0.276. The molecule has 0 unspecified atom stereocenters. The van der Waals surface area contributed by atoms with E-state index in [0.717, 1.165) is 75.1 Å². The molecule has 0 bridgehead atoms. The molecule has 2 aliphatic heterocycles. The predicted molar refractivity (Wildman–Crippen MR) is 166 cm³/mol. The van der Waals surface area contributed by atoms with Crippen LogP contribution in [0.5, 0.6) is 0 Å². The van der Waals surface area contributed by atoms with Crippen LogP contribution in [0.2, 0.25) is 0 Å². The zero-order valence-corrected chi connectivity index (χ0v) is 24.2. The van der Waals surface area contributed by atoms with E-state index in [1.165, 1.54) is 5.69 Å². The molecular formula is C29H34N6O7S. The van der Waals surface area contributed by atoms with Gasteiger partial charge in [0.2, 0.25) is 0 Å². The average Bonchev–Trinajstić information content (AvgIpc) is 3.02. The lowest BCUT2D eigenvalue weighted by molar-refractivity contribution is 0.0955. The van der Waals surface area contributed by atoms with E-state index in [0.29, 0.717) is 5.56 Å². The topological polar surface area (TPSA) is 165 Å². The number of ether oxygens (including phenoxy) is 2. The van der Waals surface area contributed by atoms with Crippen LogP contribution in [0, 0.1) is 0 Å². The van der Waals surface area contributed by atoms with E-state index in [9.17, 15) is 4.79 Å². The van der Waals surface area contributed by atoms with Crippen molar-refractivity contribution in [2.75, 3.05) is 67.8 Å². The number of benzene rings is 3. The van der Waals surface area contributed by atoms with E-state index in [-0.39, 0.29) is 5.91 Å². The van der Waals surface area contributed by atoms with E-state index in [2.05, 4.69) is 55.1 Å². The number of hydrogen-bond acceptors (Lipinski definition) is 10. The van der Waals surface area contributed by atoms with E-state index >= 15 is 0 Å². The fraction of sp³-hybridized carbons (Fsp3) is 0.276. The van der Waals surface area contributed by atoms with Crippen molar-refractivity contribution in [3.05, 3.63) is 89.5 Å². The van der Waals surface area contributed by atoms with Gasteiger partial charge in [-0.15, -0.1) is 0 Å². The summed E-state index contributed by atoms with van der Waals surface area (Å²) in [6, 6.07) is 23.5. The normalized spacial score (nSPS) is 15.7. The maximum atomic E-state index is 12.4. The molecule has 2 fully saturated rings. The molecule has 0 aliphatic carbocycles. The maximum absolute atomic E-state index is 12.4. The van der Waals surface area contributed by atoms with Gasteiger partial charge in [0.1, 0.15) is 0 Å². The van der Waals surface area contributed by atoms with Gasteiger partial charge in [-0.1, -0.05) is 24.3 Å². The molecule has 5 rings (SSSR count). The van der Waals surface area contributed by atoms with Crippen molar-refractivity contribution in [2.45, 2.75) is 0 Å². The SMILES string of the molecule is O=C(N/N=C/c1ccc(N2CCOCC2)cc1)c1ccc(N/N=C/c2ccc(N3CCOCC3)cc2)cc1.O=S(=O)(O)O. The molecular weight excluding hydrogens is 576 g/mol. The molecule has 2 aliphatic rings. The second-order valence-electron chi connectivity index (χ2n) is 9.48. The Morgan fingerprint density at radius 3 is 1.56 bits per heavy atom. The zero-order valence-electron chi connectivity index (χ0n) is 23.4. The fourth-order valence-electron chi connectivity index (χ4n) is 4.29. The minimum atomic E-state index is -4.67. The summed E-state index contributed by atoms with van der Waals surface area (Å²) < 4.78 is 42.4. The third-order valence-electron chi connectivity index (χ3n) is 6.47. The van der Waals surface area contributed by atoms with Gasteiger partial charge in [0, 0.05) is 43.1 Å². The number of hydrazone groups is 2. The first-order chi connectivity index (χ1) is 20.7. The third-order valence-corrected chi connectivity index (χ3v) is 6.47. The van der Waals surface area contributed by atoms with E-state index in [4.69, 9.17) is 27.0 Å². The van der Waals surface area contributed by atoms with Crippen molar-refractivity contribution in [1.82, 2.24) is 5.43 Å². The highest BCUT2D eigenvalue weighted by atomic mass is 32.3. The fourth-order valence-corrected chi connectivity index (χ4v) is 4.29. The van der Waals surface area contributed by atoms with Crippen molar-refractivity contribution >= 4 is 45.8 Å². The molecule has 2 heterocycles. The van der Waals surface area contributed by atoms with Gasteiger partial charge in [-0.25, -0.2) is 5.43 Å². The van der Waals surface area contributed by atoms with Crippen LogP contribution in [0.4, 0.5) is 17.1 Å². The van der Waals surface area contributed by atoms with E-state index in [1.54, 1.807) is 24.6 Å². The van der Waals surface area contributed by atoms with Gasteiger partial charge in [-0.3, -0.25) is 19.3 Å². The number of rotatable bonds is 8. The first-order valence-electron chi connectivity index (χ1n) is 13.5. The Kier molecular flexibility index (Phi) is 11.6. The molecule has 0 radical (unpaired) electrons. The summed E-state index contributed by atoms with van der Waals surface area (Å²) in [5, 5.41) is 8.40. The van der Waals surface area contributed by atoms with Gasteiger partial charge in [0.25, 0.3) is 5.91 Å². The Hall–Kier alpha value is -4.34. The number of amides is 1. The molecule has 4 N–H and O–H groups in total. The molecule has 14 heteroatoms. The van der Waals surface area contributed by atoms with Gasteiger partial charge < -0.3 is 19.3 Å². The lowest BCUT2D eigenvalue weighted by Crippen LogP contribution is -2.36. The Morgan fingerprint density at radius 1 is 0.698 bits per heavy atom. The van der Waals surface area contributed by atoms with Crippen LogP contribution in [0.1, 0.15) is 21.5 Å². The largest absolute Gasteiger partial charge is 0.394 e. The molecule has 3 aromatic carbocycles. The minimum Gasteiger partial charge on any atom is -0.378 e. The molecule has 0 aromatic heterocycles. The molecule has 0 saturated carbocycles. The van der Waals surface area contributed by atoms with Crippen LogP contribution in [0.25, 0.3) is 0 Å². The highest BCUT2D eigenvalue weighted by Crippen LogP contribution is 2.17. The lowest BCUT2D eigenvalue weighted by Gasteiger charge is -2.28. The van der Waals surface area contributed by atoms with Gasteiger partial charge in [0.15, 0.2) is 0 Å². The van der Waals surface area contributed by atoms with E-state index < -0.39 is 10.4 Å². The summed E-state index contributed by atoms with van der Waals surface area (Å²) >= 11 is 0. The standard InChI is InChI=1S/C29H32N6O3.H2O4S/c36-29(33-31-22-24-3-11-28(12-4-24)35-15-19-38-20-16-35)25-5-7-26(8-6-25)32-30-21-23-1-9-27(10-2-23)34-13-17-37-18-14-34;1-5(2,3)4/h1-12,21-22,32H,13-20H2,(H,33,36);(H2,1,2,3,4)/b30-21+,31-22+;. The number of hydrogen-bond donors (Lipinski definition) is 4. The monoisotopic (exact) mass is 610 g/mol. The van der Waals surface area contributed by atoms with Gasteiger partial charge in [-0.05, 0) is 59.7 Å². The summed E-state index contributed by atoms with van der Waals surface area (Å²) in [5.74, 6) is -0.276.